The Kier molecular flexibility index (Phi) is 4.30. The Morgan fingerprint density at radius 3 is 2.24 bits per heavy atom. The highest BCUT2D eigenvalue weighted by atomic mass is 16.7. The van der Waals surface area contributed by atoms with Crippen molar-refractivity contribution in [1.82, 2.24) is 5.06 Å². The molecule has 1 aliphatic rings. The molecule has 1 aliphatic heterocycles. The van der Waals surface area contributed by atoms with Gasteiger partial charge in [-0.15, -0.1) is 0 Å². The van der Waals surface area contributed by atoms with Crippen LogP contribution >= 0.6 is 0 Å². The summed E-state index contributed by atoms with van der Waals surface area (Å²) in [4.78, 5) is 53.1. The molecule has 2 aromatic carbocycles. The molecule has 1 heterocycles. The zero-order valence-corrected chi connectivity index (χ0v) is 13.3. The second-order valence-electron chi connectivity index (χ2n) is 5.31. The van der Waals surface area contributed by atoms with Crippen LogP contribution in [0.4, 0.5) is 5.69 Å². The summed E-state index contributed by atoms with van der Waals surface area (Å²) in [5, 5.41) is 3.07. The molecule has 25 heavy (non-hydrogen) atoms. The van der Waals surface area contributed by atoms with Gasteiger partial charge in [0.2, 0.25) is 5.91 Å². The molecule has 0 fully saturated rings. The number of hydroxylamine groups is 2. The average Bonchev–Trinajstić information content (AvgIpc) is 2.87. The minimum absolute atomic E-state index is 0.102. The molecule has 0 aromatic heterocycles. The third-order valence-corrected chi connectivity index (χ3v) is 3.63. The zero-order chi connectivity index (χ0) is 18.0. The van der Waals surface area contributed by atoms with E-state index in [0.29, 0.717) is 17.2 Å². The van der Waals surface area contributed by atoms with Crippen LogP contribution in [0.15, 0.2) is 48.5 Å². The van der Waals surface area contributed by atoms with E-state index in [1.807, 2.05) is 0 Å². The molecule has 0 unspecified atom stereocenters. The van der Waals surface area contributed by atoms with Gasteiger partial charge >= 0.3 is 5.97 Å². The van der Waals surface area contributed by atoms with Gasteiger partial charge in [0.25, 0.3) is 11.8 Å². The van der Waals surface area contributed by atoms with Crippen LogP contribution in [0.3, 0.4) is 0 Å². The maximum Gasteiger partial charge on any atom is 0.364 e. The standard InChI is InChI=1S/C18H14N2O5/c1-2-15(21)19-12-7-5-6-11(10-12)18(24)25-20-16(22)13-8-3-4-9-14(13)17(20)23/h3-10H,2H2,1H3,(H,19,21). The third kappa shape index (κ3) is 3.12. The molecule has 0 saturated heterocycles. The highest BCUT2D eigenvalue weighted by Gasteiger charge is 2.38. The fraction of sp³-hybridized carbons (Fsp3) is 0.111. The Balaban J connectivity index is 1.77. The van der Waals surface area contributed by atoms with E-state index in [1.165, 1.54) is 24.3 Å². The Hall–Kier alpha value is -3.48. The van der Waals surface area contributed by atoms with Crippen molar-refractivity contribution in [1.29, 1.82) is 0 Å². The Bertz CT molecular complexity index is 856. The van der Waals surface area contributed by atoms with Crippen molar-refractivity contribution in [2.24, 2.45) is 0 Å². The number of rotatable bonds is 4. The lowest BCUT2D eigenvalue weighted by Gasteiger charge is -2.13. The summed E-state index contributed by atoms with van der Waals surface area (Å²) in [6, 6.07) is 12.3. The molecule has 0 saturated carbocycles. The SMILES string of the molecule is CCC(=O)Nc1cccc(C(=O)ON2C(=O)c3ccccc3C2=O)c1. The molecular weight excluding hydrogens is 324 g/mol. The van der Waals surface area contributed by atoms with Gasteiger partial charge in [-0.1, -0.05) is 30.2 Å². The zero-order valence-electron chi connectivity index (χ0n) is 13.3. The van der Waals surface area contributed by atoms with Crippen LogP contribution in [0.25, 0.3) is 0 Å². The highest BCUT2D eigenvalue weighted by molar-refractivity contribution is 6.21. The van der Waals surface area contributed by atoms with Crippen LogP contribution < -0.4 is 5.32 Å². The van der Waals surface area contributed by atoms with E-state index in [9.17, 15) is 19.2 Å². The summed E-state index contributed by atoms with van der Waals surface area (Å²) in [6.07, 6.45) is 0.295. The molecular formula is C18H14N2O5. The van der Waals surface area contributed by atoms with Gasteiger partial charge in [0, 0.05) is 12.1 Å². The number of nitrogens with one attached hydrogen (secondary N) is 1. The van der Waals surface area contributed by atoms with Gasteiger partial charge < -0.3 is 10.2 Å². The summed E-state index contributed by atoms with van der Waals surface area (Å²) >= 11 is 0. The summed E-state index contributed by atoms with van der Waals surface area (Å²) in [5.41, 5.74) is 0.891. The monoisotopic (exact) mass is 338 g/mol. The molecule has 0 radical (unpaired) electrons. The smallest absolute Gasteiger partial charge is 0.326 e. The number of nitrogens with zero attached hydrogens (tertiary/aromatic N) is 1. The number of benzene rings is 2. The van der Waals surface area contributed by atoms with Crippen molar-refractivity contribution in [3.8, 4) is 0 Å². The second-order valence-corrected chi connectivity index (χ2v) is 5.31. The van der Waals surface area contributed by atoms with Crippen LogP contribution in [0.5, 0.6) is 0 Å². The van der Waals surface area contributed by atoms with E-state index in [4.69, 9.17) is 4.84 Å². The van der Waals surface area contributed by atoms with Gasteiger partial charge in [0.05, 0.1) is 16.7 Å². The second kappa shape index (κ2) is 6.56. The first kappa shape index (κ1) is 16.4. The van der Waals surface area contributed by atoms with Crippen molar-refractivity contribution >= 4 is 29.4 Å². The van der Waals surface area contributed by atoms with Gasteiger partial charge in [-0.2, -0.15) is 0 Å². The molecule has 2 aromatic rings. The topological polar surface area (TPSA) is 92.8 Å². The lowest BCUT2D eigenvalue weighted by molar-refractivity contribution is -0.115. The van der Waals surface area contributed by atoms with E-state index in [0.717, 1.165) is 0 Å². The molecule has 3 rings (SSSR count). The number of hydrogen-bond donors (Lipinski definition) is 1. The van der Waals surface area contributed by atoms with E-state index in [-0.39, 0.29) is 22.6 Å². The predicted molar refractivity (Wildman–Crippen MR) is 87.7 cm³/mol. The fourth-order valence-corrected chi connectivity index (χ4v) is 2.36. The number of imide groups is 1. The molecule has 126 valence electrons. The van der Waals surface area contributed by atoms with E-state index in [2.05, 4.69) is 5.32 Å². The number of amides is 3. The molecule has 0 atom stereocenters. The van der Waals surface area contributed by atoms with Crippen LogP contribution in [-0.4, -0.2) is 28.8 Å². The largest absolute Gasteiger partial charge is 0.364 e. The van der Waals surface area contributed by atoms with Crippen LogP contribution in [0.1, 0.15) is 44.4 Å². The number of hydrogen-bond acceptors (Lipinski definition) is 5. The van der Waals surface area contributed by atoms with Crippen LogP contribution in [-0.2, 0) is 9.63 Å². The van der Waals surface area contributed by atoms with Crippen LogP contribution in [0, 0.1) is 0 Å². The first-order chi connectivity index (χ1) is 12.0. The van der Waals surface area contributed by atoms with E-state index >= 15 is 0 Å². The average molecular weight is 338 g/mol. The molecule has 0 aliphatic carbocycles. The van der Waals surface area contributed by atoms with Crippen molar-refractivity contribution in [2.45, 2.75) is 13.3 Å². The van der Waals surface area contributed by atoms with Gasteiger partial charge in [0.15, 0.2) is 0 Å². The van der Waals surface area contributed by atoms with Crippen molar-refractivity contribution < 1.29 is 24.0 Å². The molecule has 0 bridgehead atoms. The van der Waals surface area contributed by atoms with Gasteiger partial charge in [-0.25, -0.2) is 4.79 Å². The number of anilines is 1. The van der Waals surface area contributed by atoms with E-state index in [1.54, 1.807) is 31.2 Å². The summed E-state index contributed by atoms with van der Waals surface area (Å²) < 4.78 is 0. The summed E-state index contributed by atoms with van der Waals surface area (Å²) in [7, 11) is 0. The molecule has 7 nitrogen and oxygen atoms in total. The quantitative estimate of drug-likeness (QED) is 0.864. The molecule has 1 N–H and O–H groups in total. The fourth-order valence-electron chi connectivity index (χ4n) is 2.36. The third-order valence-electron chi connectivity index (χ3n) is 3.63. The lowest BCUT2D eigenvalue weighted by Crippen LogP contribution is -2.32. The Labute approximate surface area is 143 Å². The van der Waals surface area contributed by atoms with Gasteiger partial charge in [-0.3, -0.25) is 14.4 Å². The van der Waals surface area contributed by atoms with Crippen molar-refractivity contribution in [3.63, 3.8) is 0 Å². The summed E-state index contributed by atoms with van der Waals surface area (Å²) in [5.74, 6) is -2.46. The van der Waals surface area contributed by atoms with Gasteiger partial charge in [0.1, 0.15) is 0 Å². The van der Waals surface area contributed by atoms with E-state index < -0.39 is 17.8 Å². The normalized spacial score (nSPS) is 12.8. The first-order valence-corrected chi connectivity index (χ1v) is 7.61. The highest BCUT2D eigenvalue weighted by Crippen LogP contribution is 2.23. The number of carbonyl (C=O) groups is 4. The Morgan fingerprint density at radius 1 is 1.00 bits per heavy atom. The molecule has 7 heteroatoms. The first-order valence-electron chi connectivity index (χ1n) is 7.61. The minimum atomic E-state index is -0.873. The number of fused-ring (bicyclic) bond motifs is 1. The van der Waals surface area contributed by atoms with Crippen molar-refractivity contribution in [3.05, 3.63) is 65.2 Å². The number of carbonyl (C=O) groups excluding carboxylic acids is 4. The minimum Gasteiger partial charge on any atom is -0.326 e. The summed E-state index contributed by atoms with van der Waals surface area (Å²) in [6.45, 7) is 1.70. The predicted octanol–water partition coefficient (Wildman–Crippen LogP) is 2.40. The maximum absolute atomic E-state index is 12.3. The molecule has 0 spiro atoms. The van der Waals surface area contributed by atoms with Crippen molar-refractivity contribution in [2.75, 3.05) is 5.32 Å². The molecule has 3 amide bonds. The Morgan fingerprint density at radius 2 is 1.64 bits per heavy atom. The maximum atomic E-state index is 12.3. The lowest BCUT2D eigenvalue weighted by atomic mass is 10.1. The van der Waals surface area contributed by atoms with Crippen LogP contribution in [0.2, 0.25) is 0 Å². The van der Waals surface area contributed by atoms with Gasteiger partial charge in [-0.05, 0) is 30.3 Å².